The summed E-state index contributed by atoms with van der Waals surface area (Å²) in [5.41, 5.74) is 0. The van der Waals surface area contributed by atoms with Crippen LogP contribution in [0.15, 0.2) is 0 Å². The summed E-state index contributed by atoms with van der Waals surface area (Å²) in [4.78, 5) is 2.30. The summed E-state index contributed by atoms with van der Waals surface area (Å²) in [6.45, 7) is 2.90. The maximum atomic E-state index is 11.8. The fraction of sp³-hybridized carbons (Fsp3) is 1.00. The molecule has 0 aromatic rings. The average Bonchev–Trinajstić information content (AvgIpc) is 2.48. The van der Waals surface area contributed by atoms with Crippen molar-refractivity contribution in [2.75, 3.05) is 32.2 Å². The molecule has 1 heterocycles. The summed E-state index contributed by atoms with van der Waals surface area (Å²) in [7, 11) is 0. The van der Waals surface area contributed by atoms with E-state index in [1.807, 2.05) is 0 Å². The maximum Gasteiger partial charge on any atom is 0.0906 e. The first-order valence-electron chi connectivity index (χ1n) is 4.21. The van der Waals surface area contributed by atoms with Gasteiger partial charge in [-0.15, -0.1) is 11.6 Å². The second kappa shape index (κ2) is 4.94. The first-order valence-corrected chi connectivity index (χ1v) is 4.74. The van der Waals surface area contributed by atoms with Crippen LogP contribution in [-0.4, -0.2) is 37.1 Å². The topological polar surface area (TPSA) is 3.24 Å². The lowest BCUT2D eigenvalue weighted by molar-refractivity contribution is 0.304. The van der Waals surface area contributed by atoms with Gasteiger partial charge in [0.25, 0.3) is 0 Å². The van der Waals surface area contributed by atoms with Gasteiger partial charge in [-0.05, 0) is 25.3 Å². The van der Waals surface area contributed by atoms with Crippen LogP contribution in [0.1, 0.15) is 12.8 Å². The van der Waals surface area contributed by atoms with Crippen molar-refractivity contribution in [1.29, 1.82) is 0 Å². The van der Waals surface area contributed by atoms with Gasteiger partial charge >= 0.3 is 0 Å². The summed E-state index contributed by atoms with van der Waals surface area (Å²) < 4.78 is 11.8. The predicted molar refractivity (Wildman–Crippen MR) is 45.9 cm³/mol. The van der Waals surface area contributed by atoms with E-state index in [4.69, 9.17) is 11.6 Å². The molecule has 1 saturated heterocycles. The quantitative estimate of drug-likeness (QED) is 0.596. The Kier molecular flexibility index (Phi) is 4.16. The SMILES string of the molecule is FCCCN1CCC(CCl)C1. The Balaban J connectivity index is 2.09. The Morgan fingerprint density at radius 2 is 2.36 bits per heavy atom. The highest BCUT2D eigenvalue weighted by molar-refractivity contribution is 6.18. The molecule has 0 spiro atoms. The van der Waals surface area contributed by atoms with Crippen molar-refractivity contribution in [1.82, 2.24) is 4.90 Å². The lowest BCUT2D eigenvalue weighted by Crippen LogP contribution is -2.22. The van der Waals surface area contributed by atoms with E-state index in [1.165, 1.54) is 6.42 Å². The predicted octanol–water partition coefficient (Wildman–Crippen LogP) is 1.91. The number of hydrogen-bond donors (Lipinski definition) is 0. The van der Waals surface area contributed by atoms with Crippen molar-refractivity contribution in [2.24, 2.45) is 5.92 Å². The molecular formula is C8H15ClFN. The van der Waals surface area contributed by atoms with Gasteiger partial charge in [0.15, 0.2) is 0 Å². The molecule has 1 unspecified atom stereocenters. The van der Waals surface area contributed by atoms with Crippen molar-refractivity contribution in [3.8, 4) is 0 Å². The van der Waals surface area contributed by atoms with E-state index in [2.05, 4.69) is 4.90 Å². The molecule has 66 valence electrons. The van der Waals surface area contributed by atoms with Gasteiger partial charge in [-0.1, -0.05) is 0 Å². The standard InChI is InChI=1S/C8H15ClFN/c9-6-8-2-5-11(7-8)4-1-3-10/h8H,1-7H2. The van der Waals surface area contributed by atoms with Gasteiger partial charge in [0.2, 0.25) is 0 Å². The van der Waals surface area contributed by atoms with Crippen LogP contribution in [0.4, 0.5) is 4.39 Å². The Hall–Kier alpha value is 0.180. The van der Waals surface area contributed by atoms with Crippen LogP contribution in [-0.2, 0) is 0 Å². The third kappa shape index (κ3) is 2.96. The smallest absolute Gasteiger partial charge is 0.0906 e. The Morgan fingerprint density at radius 3 is 2.91 bits per heavy atom. The number of likely N-dealkylation sites (tertiary alicyclic amines) is 1. The molecule has 0 aromatic heterocycles. The van der Waals surface area contributed by atoms with Crippen LogP contribution < -0.4 is 0 Å². The van der Waals surface area contributed by atoms with E-state index in [1.54, 1.807) is 0 Å². The lowest BCUT2D eigenvalue weighted by atomic mass is 10.2. The normalized spacial score (nSPS) is 26.2. The number of nitrogens with zero attached hydrogens (tertiary/aromatic N) is 1. The minimum atomic E-state index is -0.192. The molecule has 0 amide bonds. The fourth-order valence-corrected chi connectivity index (χ4v) is 1.78. The van der Waals surface area contributed by atoms with E-state index < -0.39 is 0 Å². The van der Waals surface area contributed by atoms with E-state index in [-0.39, 0.29) is 6.67 Å². The highest BCUT2D eigenvalue weighted by Gasteiger charge is 2.20. The van der Waals surface area contributed by atoms with Crippen molar-refractivity contribution in [2.45, 2.75) is 12.8 Å². The van der Waals surface area contributed by atoms with E-state index in [9.17, 15) is 4.39 Å². The van der Waals surface area contributed by atoms with Crippen molar-refractivity contribution in [3.63, 3.8) is 0 Å². The zero-order valence-electron chi connectivity index (χ0n) is 6.73. The Bertz CT molecular complexity index is 110. The maximum absolute atomic E-state index is 11.8. The van der Waals surface area contributed by atoms with Gasteiger partial charge in [0.05, 0.1) is 6.67 Å². The van der Waals surface area contributed by atoms with Gasteiger partial charge < -0.3 is 4.90 Å². The first-order chi connectivity index (χ1) is 5.36. The number of rotatable bonds is 4. The van der Waals surface area contributed by atoms with Gasteiger partial charge in [-0.25, -0.2) is 0 Å². The zero-order valence-corrected chi connectivity index (χ0v) is 7.49. The molecule has 0 radical (unpaired) electrons. The molecule has 1 fully saturated rings. The zero-order chi connectivity index (χ0) is 8.10. The van der Waals surface area contributed by atoms with Gasteiger partial charge in [-0.3, -0.25) is 4.39 Å². The van der Waals surface area contributed by atoms with Crippen LogP contribution in [0, 0.1) is 5.92 Å². The highest BCUT2D eigenvalue weighted by Crippen LogP contribution is 2.17. The first kappa shape index (κ1) is 9.27. The van der Waals surface area contributed by atoms with E-state index >= 15 is 0 Å². The van der Waals surface area contributed by atoms with Gasteiger partial charge in [0, 0.05) is 19.0 Å². The van der Waals surface area contributed by atoms with Crippen molar-refractivity contribution in [3.05, 3.63) is 0 Å². The Labute approximate surface area is 72.5 Å². The second-order valence-corrected chi connectivity index (χ2v) is 3.46. The number of hydrogen-bond acceptors (Lipinski definition) is 1. The molecule has 0 bridgehead atoms. The molecule has 1 nitrogen and oxygen atoms in total. The molecule has 1 rings (SSSR count). The number of halogens is 2. The molecule has 1 aliphatic rings. The van der Waals surface area contributed by atoms with Crippen LogP contribution in [0.3, 0.4) is 0 Å². The van der Waals surface area contributed by atoms with E-state index in [0.717, 1.165) is 25.5 Å². The second-order valence-electron chi connectivity index (χ2n) is 3.15. The molecule has 1 atom stereocenters. The average molecular weight is 180 g/mol. The monoisotopic (exact) mass is 179 g/mol. The van der Waals surface area contributed by atoms with E-state index in [0.29, 0.717) is 12.3 Å². The summed E-state index contributed by atoms with van der Waals surface area (Å²) in [6.07, 6.45) is 1.87. The summed E-state index contributed by atoms with van der Waals surface area (Å²) in [5, 5.41) is 0. The van der Waals surface area contributed by atoms with Crippen molar-refractivity contribution < 1.29 is 4.39 Å². The molecule has 0 N–H and O–H groups in total. The number of alkyl halides is 2. The Morgan fingerprint density at radius 1 is 1.55 bits per heavy atom. The minimum absolute atomic E-state index is 0.192. The molecule has 11 heavy (non-hydrogen) atoms. The summed E-state index contributed by atoms with van der Waals surface area (Å²) >= 11 is 5.71. The molecule has 0 aliphatic carbocycles. The molecular weight excluding hydrogens is 165 g/mol. The van der Waals surface area contributed by atoms with Crippen LogP contribution >= 0.6 is 11.6 Å². The minimum Gasteiger partial charge on any atom is -0.303 e. The van der Waals surface area contributed by atoms with Crippen LogP contribution in [0.2, 0.25) is 0 Å². The fourth-order valence-electron chi connectivity index (χ4n) is 1.53. The summed E-state index contributed by atoms with van der Waals surface area (Å²) in [5.74, 6) is 1.41. The molecule has 1 aliphatic heterocycles. The molecule has 0 aromatic carbocycles. The largest absolute Gasteiger partial charge is 0.303 e. The van der Waals surface area contributed by atoms with Gasteiger partial charge in [0.1, 0.15) is 0 Å². The van der Waals surface area contributed by atoms with Crippen LogP contribution in [0.25, 0.3) is 0 Å². The van der Waals surface area contributed by atoms with Crippen molar-refractivity contribution >= 4 is 11.6 Å². The highest BCUT2D eigenvalue weighted by atomic mass is 35.5. The summed E-state index contributed by atoms with van der Waals surface area (Å²) in [6, 6.07) is 0. The van der Waals surface area contributed by atoms with Gasteiger partial charge in [-0.2, -0.15) is 0 Å². The molecule has 0 saturated carbocycles. The third-order valence-electron chi connectivity index (χ3n) is 2.20. The molecule has 3 heteroatoms. The third-order valence-corrected chi connectivity index (χ3v) is 2.63. The lowest BCUT2D eigenvalue weighted by Gasteiger charge is -2.13. The van der Waals surface area contributed by atoms with Crippen LogP contribution in [0.5, 0.6) is 0 Å².